The van der Waals surface area contributed by atoms with Crippen LogP contribution < -0.4 is 10.6 Å². The molecule has 0 saturated carbocycles. The van der Waals surface area contributed by atoms with Crippen molar-refractivity contribution in [2.45, 2.75) is 39.2 Å². The molecule has 0 aromatic carbocycles. The lowest BCUT2D eigenvalue weighted by Gasteiger charge is -2.14. The van der Waals surface area contributed by atoms with Crippen LogP contribution in [0.4, 0.5) is 4.79 Å². The van der Waals surface area contributed by atoms with E-state index in [0.29, 0.717) is 0 Å². The lowest BCUT2D eigenvalue weighted by molar-refractivity contribution is -0.119. The summed E-state index contributed by atoms with van der Waals surface area (Å²) in [7, 11) is 0. The third-order valence-electron chi connectivity index (χ3n) is 1.90. The molecule has 0 aromatic rings. The molecule has 0 fully saturated rings. The van der Waals surface area contributed by atoms with E-state index in [1.807, 2.05) is 13.8 Å². The highest BCUT2D eigenvalue weighted by Gasteiger charge is 2.10. The average molecular weight is 221 g/mol. The Labute approximate surface area is 89.4 Å². The van der Waals surface area contributed by atoms with E-state index >= 15 is 0 Å². The molecule has 82 valence electrons. The van der Waals surface area contributed by atoms with Crippen molar-refractivity contribution >= 4 is 23.5 Å². The van der Waals surface area contributed by atoms with Crippen molar-refractivity contribution in [1.29, 1.82) is 0 Å². The van der Waals surface area contributed by atoms with Gasteiger partial charge in [0.25, 0.3) is 0 Å². The molecule has 0 aliphatic carbocycles. The van der Waals surface area contributed by atoms with Crippen molar-refractivity contribution in [2.75, 3.05) is 5.88 Å². The second kappa shape index (κ2) is 7.62. The van der Waals surface area contributed by atoms with Gasteiger partial charge in [-0.15, -0.1) is 11.6 Å². The Bertz CT molecular complexity index is 193. The molecule has 0 aliphatic rings. The molecule has 0 radical (unpaired) electrons. The zero-order valence-electron chi connectivity index (χ0n) is 8.60. The highest BCUT2D eigenvalue weighted by Crippen LogP contribution is 1.95. The minimum Gasteiger partial charge on any atom is -0.335 e. The summed E-state index contributed by atoms with van der Waals surface area (Å²) in [6, 6.07) is -0.312. The van der Waals surface area contributed by atoms with Crippen LogP contribution in [0, 0.1) is 0 Å². The Morgan fingerprint density at radius 3 is 2.29 bits per heavy atom. The molecule has 3 amide bonds. The van der Waals surface area contributed by atoms with Crippen molar-refractivity contribution in [3.05, 3.63) is 0 Å². The number of rotatable bonds is 5. The first-order valence-electron chi connectivity index (χ1n) is 4.80. The Kier molecular flexibility index (Phi) is 7.20. The van der Waals surface area contributed by atoms with Gasteiger partial charge >= 0.3 is 6.03 Å². The lowest BCUT2D eigenvalue weighted by atomic mass is 10.2. The Hall–Kier alpha value is -0.770. The van der Waals surface area contributed by atoms with Gasteiger partial charge < -0.3 is 5.32 Å². The number of alkyl halides is 1. The van der Waals surface area contributed by atoms with Crippen molar-refractivity contribution in [1.82, 2.24) is 10.6 Å². The summed E-state index contributed by atoms with van der Waals surface area (Å²) in [5.74, 6) is -0.118. The first-order valence-corrected chi connectivity index (χ1v) is 5.33. The molecule has 0 atom stereocenters. The number of carbonyl (C=O) groups is 2. The highest BCUT2D eigenvalue weighted by atomic mass is 35.5. The Morgan fingerprint density at radius 1 is 1.29 bits per heavy atom. The van der Waals surface area contributed by atoms with E-state index in [1.165, 1.54) is 0 Å². The number of hydrogen-bond acceptors (Lipinski definition) is 2. The second-order valence-electron chi connectivity index (χ2n) is 2.97. The van der Waals surface area contributed by atoms with Crippen molar-refractivity contribution < 1.29 is 9.59 Å². The SMILES string of the molecule is CCC(CC)NC(=O)NC(=O)CCCl. The summed E-state index contributed by atoms with van der Waals surface area (Å²) in [6.45, 7) is 3.96. The number of amides is 3. The van der Waals surface area contributed by atoms with Crippen LogP contribution in [0.5, 0.6) is 0 Å². The van der Waals surface area contributed by atoms with Gasteiger partial charge in [0, 0.05) is 18.3 Å². The summed E-state index contributed by atoms with van der Waals surface area (Å²) in [5, 5.41) is 4.90. The van der Waals surface area contributed by atoms with Crippen molar-refractivity contribution in [3.63, 3.8) is 0 Å². The fourth-order valence-corrected chi connectivity index (χ4v) is 1.16. The predicted octanol–water partition coefficient (Wildman–Crippen LogP) is 1.63. The smallest absolute Gasteiger partial charge is 0.321 e. The molecular weight excluding hydrogens is 204 g/mol. The van der Waals surface area contributed by atoms with Crippen LogP contribution in [0.2, 0.25) is 0 Å². The maximum atomic E-state index is 11.2. The van der Waals surface area contributed by atoms with Gasteiger partial charge in [0.15, 0.2) is 0 Å². The van der Waals surface area contributed by atoms with Crippen LogP contribution in [0.15, 0.2) is 0 Å². The van der Waals surface area contributed by atoms with E-state index in [2.05, 4.69) is 10.6 Å². The third kappa shape index (κ3) is 5.80. The van der Waals surface area contributed by atoms with Crippen LogP contribution >= 0.6 is 11.6 Å². The maximum Gasteiger partial charge on any atom is 0.321 e. The molecular formula is C9H17ClN2O2. The van der Waals surface area contributed by atoms with Crippen LogP contribution in [0.3, 0.4) is 0 Å². The molecule has 14 heavy (non-hydrogen) atoms. The van der Waals surface area contributed by atoms with E-state index in [4.69, 9.17) is 11.6 Å². The van der Waals surface area contributed by atoms with Crippen LogP contribution in [0.25, 0.3) is 0 Å². The van der Waals surface area contributed by atoms with Gasteiger partial charge in [-0.2, -0.15) is 0 Å². The van der Waals surface area contributed by atoms with Crippen LogP contribution in [-0.4, -0.2) is 23.9 Å². The quantitative estimate of drug-likeness (QED) is 0.692. The van der Waals surface area contributed by atoms with E-state index in [-0.39, 0.29) is 24.2 Å². The van der Waals surface area contributed by atoms with Crippen molar-refractivity contribution in [3.8, 4) is 0 Å². The summed E-state index contributed by atoms with van der Waals surface area (Å²) in [5.41, 5.74) is 0. The molecule has 0 saturated heterocycles. The van der Waals surface area contributed by atoms with Gasteiger partial charge in [0.1, 0.15) is 0 Å². The van der Waals surface area contributed by atoms with Gasteiger partial charge in [0.2, 0.25) is 5.91 Å². The molecule has 0 aromatic heterocycles. The second-order valence-corrected chi connectivity index (χ2v) is 3.35. The van der Waals surface area contributed by atoms with Gasteiger partial charge in [-0.1, -0.05) is 13.8 Å². The highest BCUT2D eigenvalue weighted by molar-refractivity contribution is 6.19. The average Bonchev–Trinajstić information content (AvgIpc) is 2.14. The maximum absolute atomic E-state index is 11.2. The standard InChI is InChI=1S/C9H17ClN2O2/c1-3-7(4-2)11-9(14)12-8(13)5-6-10/h7H,3-6H2,1-2H3,(H2,11,12,13,14). The van der Waals surface area contributed by atoms with E-state index in [9.17, 15) is 9.59 Å². The summed E-state index contributed by atoms with van der Waals surface area (Å²) in [6.07, 6.45) is 1.87. The fourth-order valence-electron chi connectivity index (χ4n) is 0.989. The van der Waals surface area contributed by atoms with Crippen LogP contribution in [0.1, 0.15) is 33.1 Å². The third-order valence-corrected chi connectivity index (χ3v) is 2.08. The zero-order valence-corrected chi connectivity index (χ0v) is 9.36. The topological polar surface area (TPSA) is 58.2 Å². The molecule has 0 heterocycles. The first kappa shape index (κ1) is 13.2. The molecule has 0 bridgehead atoms. The lowest BCUT2D eigenvalue weighted by Crippen LogP contribution is -2.44. The number of halogens is 1. The zero-order chi connectivity index (χ0) is 11.0. The normalized spacial score (nSPS) is 10.0. The molecule has 0 unspecified atom stereocenters. The largest absolute Gasteiger partial charge is 0.335 e. The summed E-state index contributed by atoms with van der Waals surface area (Å²) >= 11 is 5.35. The molecule has 4 nitrogen and oxygen atoms in total. The molecule has 2 N–H and O–H groups in total. The van der Waals surface area contributed by atoms with Gasteiger partial charge in [0.05, 0.1) is 0 Å². The number of imide groups is 1. The monoisotopic (exact) mass is 220 g/mol. The minimum atomic E-state index is -0.436. The van der Waals surface area contributed by atoms with Gasteiger partial charge in [-0.3, -0.25) is 10.1 Å². The molecule has 0 spiro atoms. The summed E-state index contributed by atoms with van der Waals surface area (Å²) < 4.78 is 0. The summed E-state index contributed by atoms with van der Waals surface area (Å²) in [4.78, 5) is 22.1. The van der Waals surface area contributed by atoms with Crippen molar-refractivity contribution in [2.24, 2.45) is 0 Å². The van der Waals surface area contributed by atoms with Gasteiger partial charge in [-0.05, 0) is 12.8 Å². The van der Waals surface area contributed by atoms with Gasteiger partial charge in [-0.25, -0.2) is 4.79 Å². The van der Waals surface area contributed by atoms with Crippen LogP contribution in [-0.2, 0) is 4.79 Å². The minimum absolute atomic E-state index is 0.124. The number of nitrogens with one attached hydrogen (secondary N) is 2. The van der Waals surface area contributed by atoms with E-state index in [1.54, 1.807) is 0 Å². The van der Waals surface area contributed by atoms with E-state index in [0.717, 1.165) is 12.8 Å². The number of carbonyl (C=O) groups excluding carboxylic acids is 2. The fraction of sp³-hybridized carbons (Fsp3) is 0.778. The number of hydrogen-bond donors (Lipinski definition) is 2. The number of urea groups is 1. The molecule has 0 rings (SSSR count). The Morgan fingerprint density at radius 2 is 1.86 bits per heavy atom. The Balaban J connectivity index is 3.79. The predicted molar refractivity (Wildman–Crippen MR) is 56.4 cm³/mol. The molecule has 5 heteroatoms. The van der Waals surface area contributed by atoms with E-state index < -0.39 is 6.03 Å². The molecule has 0 aliphatic heterocycles. The first-order chi connectivity index (χ1) is 6.63.